The highest BCUT2D eigenvalue weighted by Crippen LogP contribution is 2.38. The summed E-state index contributed by atoms with van der Waals surface area (Å²) in [5, 5.41) is 0. The van der Waals surface area contributed by atoms with Crippen LogP contribution < -0.4 is 0 Å². The summed E-state index contributed by atoms with van der Waals surface area (Å²) in [5.74, 6) is -0.876. The molecule has 0 N–H and O–H groups in total. The fourth-order valence-electron chi connectivity index (χ4n) is 3.91. The van der Waals surface area contributed by atoms with Crippen LogP contribution in [0.5, 0.6) is 0 Å². The number of hydrogen-bond acceptors (Lipinski definition) is 4. The number of benzene rings is 1. The van der Waals surface area contributed by atoms with Crippen molar-refractivity contribution >= 4 is 11.9 Å². The van der Waals surface area contributed by atoms with Gasteiger partial charge in [-0.1, -0.05) is 12.1 Å². The zero-order valence-electron chi connectivity index (χ0n) is 15.4. The molecule has 5 nitrogen and oxygen atoms in total. The number of ether oxygens (including phenoxy) is 2. The molecule has 0 bridgehead atoms. The first-order valence-electron chi connectivity index (χ1n) is 9.33. The minimum Gasteiger partial charge on any atom is -0.348 e. The second-order valence-electron chi connectivity index (χ2n) is 7.24. The summed E-state index contributed by atoms with van der Waals surface area (Å²) >= 11 is 0. The quantitative estimate of drug-likeness (QED) is 0.770. The van der Waals surface area contributed by atoms with Crippen LogP contribution in [-0.2, 0) is 21.3 Å². The zero-order chi connectivity index (χ0) is 18.9. The Bertz CT molecular complexity index is 858. The smallest absolute Gasteiger partial charge is 0.168 e. The summed E-state index contributed by atoms with van der Waals surface area (Å²) in [7, 11) is 1.86. The van der Waals surface area contributed by atoms with Crippen molar-refractivity contribution in [3.05, 3.63) is 48.2 Å². The Hall–Kier alpha value is -2.31. The standard InChI is InChI=1S/C21H23FN2O3/c1-24-13-19(23-14-24)17-3-2-4-18(22)16(17)5-6-20(25)15-7-9-21(10-8-15)26-11-12-27-21/h2-6,13-15H,7-12H2,1H3/b6-5+. The Morgan fingerprint density at radius 2 is 2.04 bits per heavy atom. The third-order valence-corrected chi connectivity index (χ3v) is 5.41. The lowest BCUT2D eigenvalue weighted by atomic mass is 9.82. The molecule has 2 heterocycles. The highest BCUT2D eigenvalue weighted by Gasteiger charge is 2.41. The summed E-state index contributed by atoms with van der Waals surface area (Å²) in [6.45, 7) is 1.25. The lowest BCUT2D eigenvalue weighted by molar-refractivity contribution is -0.182. The molecular formula is C21H23FN2O3. The summed E-state index contributed by atoms with van der Waals surface area (Å²) in [6.07, 6.45) is 9.51. The molecule has 27 heavy (non-hydrogen) atoms. The molecule has 1 aliphatic carbocycles. The molecule has 1 saturated heterocycles. The van der Waals surface area contributed by atoms with Gasteiger partial charge in [0, 0.05) is 43.1 Å². The first-order valence-corrected chi connectivity index (χ1v) is 9.33. The van der Waals surface area contributed by atoms with Gasteiger partial charge in [-0.15, -0.1) is 0 Å². The number of rotatable bonds is 4. The monoisotopic (exact) mass is 370 g/mol. The van der Waals surface area contributed by atoms with Gasteiger partial charge in [0.25, 0.3) is 0 Å². The van der Waals surface area contributed by atoms with Crippen molar-refractivity contribution in [2.45, 2.75) is 31.5 Å². The van der Waals surface area contributed by atoms with Gasteiger partial charge < -0.3 is 14.0 Å². The van der Waals surface area contributed by atoms with Crippen molar-refractivity contribution in [1.29, 1.82) is 0 Å². The average molecular weight is 370 g/mol. The van der Waals surface area contributed by atoms with E-state index in [-0.39, 0.29) is 17.5 Å². The van der Waals surface area contributed by atoms with Crippen LogP contribution in [0.25, 0.3) is 17.3 Å². The lowest BCUT2D eigenvalue weighted by Crippen LogP contribution is -2.36. The van der Waals surface area contributed by atoms with Crippen LogP contribution in [0, 0.1) is 11.7 Å². The number of aromatic nitrogens is 2. The second kappa shape index (κ2) is 7.37. The van der Waals surface area contributed by atoms with Crippen LogP contribution in [0.15, 0.2) is 36.8 Å². The fourth-order valence-corrected chi connectivity index (χ4v) is 3.91. The van der Waals surface area contributed by atoms with Crippen molar-refractivity contribution in [3.63, 3.8) is 0 Å². The first-order chi connectivity index (χ1) is 13.1. The van der Waals surface area contributed by atoms with Crippen molar-refractivity contribution in [2.75, 3.05) is 13.2 Å². The van der Waals surface area contributed by atoms with Crippen LogP contribution in [0.1, 0.15) is 31.2 Å². The number of carbonyl (C=O) groups is 1. The van der Waals surface area contributed by atoms with Crippen molar-refractivity contribution in [1.82, 2.24) is 9.55 Å². The van der Waals surface area contributed by atoms with Crippen LogP contribution in [-0.4, -0.2) is 34.3 Å². The van der Waals surface area contributed by atoms with E-state index in [9.17, 15) is 9.18 Å². The van der Waals surface area contributed by atoms with Crippen molar-refractivity contribution in [3.8, 4) is 11.3 Å². The first kappa shape index (κ1) is 18.1. The van der Waals surface area contributed by atoms with E-state index in [0.29, 0.717) is 30.0 Å². The maximum atomic E-state index is 14.4. The third kappa shape index (κ3) is 3.73. The molecule has 6 heteroatoms. The molecule has 0 atom stereocenters. The minimum absolute atomic E-state index is 0.0260. The SMILES string of the molecule is Cn1cnc(-c2cccc(F)c2/C=C/C(=O)C2CCC3(CC2)OCCO3)c1. The van der Waals surface area contributed by atoms with Gasteiger partial charge in [-0.05, 0) is 31.1 Å². The molecular weight excluding hydrogens is 347 g/mol. The number of nitrogens with zero attached hydrogens (tertiary/aromatic N) is 2. The number of halogens is 1. The molecule has 1 aliphatic heterocycles. The summed E-state index contributed by atoms with van der Waals surface area (Å²) in [5.41, 5.74) is 1.74. The van der Waals surface area contributed by atoms with E-state index >= 15 is 0 Å². The van der Waals surface area contributed by atoms with Crippen molar-refractivity contribution < 1.29 is 18.7 Å². The van der Waals surface area contributed by atoms with E-state index in [1.165, 1.54) is 12.1 Å². The summed E-state index contributed by atoms with van der Waals surface area (Å²) in [6, 6.07) is 4.87. The molecule has 0 amide bonds. The Kier molecular flexibility index (Phi) is 4.93. The number of aryl methyl sites for hydroxylation is 1. The average Bonchev–Trinajstić information content (AvgIpc) is 3.30. The van der Waals surface area contributed by atoms with Crippen LogP contribution in [0.2, 0.25) is 0 Å². The second-order valence-corrected chi connectivity index (χ2v) is 7.24. The van der Waals surface area contributed by atoms with Gasteiger partial charge in [0.15, 0.2) is 11.6 Å². The summed E-state index contributed by atoms with van der Waals surface area (Å²) in [4.78, 5) is 16.9. The topological polar surface area (TPSA) is 53.4 Å². The van der Waals surface area contributed by atoms with Crippen molar-refractivity contribution in [2.24, 2.45) is 13.0 Å². The normalized spacial score (nSPS) is 19.9. The minimum atomic E-state index is -0.474. The van der Waals surface area contributed by atoms with Gasteiger partial charge >= 0.3 is 0 Å². The molecule has 1 aromatic carbocycles. The highest BCUT2D eigenvalue weighted by molar-refractivity contribution is 5.96. The third-order valence-electron chi connectivity index (χ3n) is 5.41. The van der Waals surface area contributed by atoms with Gasteiger partial charge in [-0.25, -0.2) is 9.37 Å². The van der Waals surface area contributed by atoms with Crippen LogP contribution in [0.4, 0.5) is 4.39 Å². The largest absolute Gasteiger partial charge is 0.348 e. The number of imidazole rings is 1. The zero-order valence-corrected chi connectivity index (χ0v) is 15.4. The fraction of sp³-hybridized carbons (Fsp3) is 0.429. The Balaban J connectivity index is 1.49. The number of allylic oxidation sites excluding steroid dienone is 1. The van der Waals surface area contributed by atoms with Gasteiger partial charge in [-0.2, -0.15) is 0 Å². The molecule has 1 spiro atoms. The van der Waals surface area contributed by atoms with Gasteiger partial charge in [0.2, 0.25) is 0 Å². The van der Waals surface area contributed by atoms with E-state index in [2.05, 4.69) is 4.98 Å². The predicted molar refractivity (Wildman–Crippen MR) is 99.2 cm³/mol. The molecule has 0 unspecified atom stereocenters. The van der Waals surface area contributed by atoms with Gasteiger partial charge in [-0.3, -0.25) is 4.79 Å². The number of ketones is 1. The van der Waals surface area contributed by atoms with E-state index in [1.807, 2.05) is 23.9 Å². The van der Waals surface area contributed by atoms with Crippen LogP contribution in [0.3, 0.4) is 0 Å². The highest BCUT2D eigenvalue weighted by atomic mass is 19.1. The maximum absolute atomic E-state index is 14.4. The molecule has 2 aromatic rings. The molecule has 0 radical (unpaired) electrons. The molecule has 2 aliphatic rings. The molecule has 4 rings (SSSR count). The van der Waals surface area contributed by atoms with Crippen LogP contribution >= 0.6 is 0 Å². The Morgan fingerprint density at radius 3 is 2.70 bits per heavy atom. The van der Waals surface area contributed by atoms with E-state index in [0.717, 1.165) is 25.7 Å². The number of hydrogen-bond donors (Lipinski definition) is 0. The summed E-state index contributed by atoms with van der Waals surface area (Å²) < 4.78 is 27.6. The molecule has 2 fully saturated rings. The molecule has 142 valence electrons. The molecule has 1 saturated carbocycles. The van der Waals surface area contributed by atoms with E-state index in [1.54, 1.807) is 18.5 Å². The van der Waals surface area contributed by atoms with E-state index in [4.69, 9.17) is 9.47 Å². The van der Waals surface area contributed by atoms with Gasteiger partial charge in [0.1, 0.15) is 5.82 Å². The van der Waals surface area contributed by atoms with E-state index < -0.39 is 5.79 Å². The molecule has 1 aromatic heterocycles. The maximum Gasteiger partial charge on any atom is 0.168 e. The number of carbonyl (C=O) groups excluding carboxylic acids is 1. The predicted octanol–water partition coefficient (Wildman–Crippen LogP) is 3.74. The Morgan fingerprint density at radius 1 is 1.30 bits per heavy atom. The van der Waals surface area contributed by atoms with Gasteiger partial charge in [0.05, 0.1) is 25.2 Å². The Labute approximate surface area is 157 Å². The lowest BCUT2D eigenvalue weighted by Gasteiger charge is -2.34.